The van der Waals surface area contributed by atoms with Gasteiger partial charge in [-0.1, -0.05) is 18.2 Å². The summed E-state index contributed by atoms with van der Waals surface area (Å²) in [5, 5.41) is 9.77. The van der Waals surface area contributed by atoms with Crippen LogP contribution >= 0.6 is 0 Å². The van der Waals surface area contributed by atoms with E-state index in [0.717, 1.165) is 18.2 Å². The van der Waals surface area contributed by atoms with E-state index in [4.69, 9.17) is 4.74 Å². The minimum absolute atomic E-state index is 0.0367. The van der Waals surface area contributed by atoms with Gasteiger partial charge in [-0.2, -0.15) is 13.2 Å². The molecule has 0 saturated heterocycles. The molecule has 0 aliphatic heterocycles. The monoisotopic (exact) mass is 284 g/mol. The second kappa shape index (κ2) is 5.03. The van der Waals surface area contributed by atoms with Crippen LogP contribution in [0.2, 0.25) is 0 Å². The lowest BCUT2D eigenvalue weighted by Gasteiger charge is -2.12. The lowest BCUT2D eigenvalue weighted by molar-refractivity contribution is -0.136. The molecular weight excluding hydrogens is 273 g/mol. The standard InChI is InChI=1S/C14H11F3O3/c1-2-20-13(19)10-7-6-8-9(12(10)18)4-3-5-11(8)14(15,16)17/h3-7,18H,2H2,1H3. The summed E-state index contributed by atoms with van der Waals surface area (Å²) < 4.78 is 43.3. The van der Waals surface area contributed by atoms with E-state index in [1.54, 1.807) is 6.92 Å². The van der Waals surface area contributed by atoms with E-state index in [0.29, 0.717) is 0 Å². The molecule has 0 heterocycles. The largest absolute Gasteiger partial charge is 0.506 e. The summed E-state index contributed by atoms with van der Waals surface area (Å²) in [6.45, 7) is 1.71. The molecule has 0 amide bonds. The van der Waals surface area contributed by atoms with Crippen LogP contribution in [0.4, 0.5) is 13.2 Å². The van der Waals surface area contributed by atoms with Crippen LogP contribution in [-0.2, 0) is 10.9 Å². The number of carbonyl (C=O) groups is 1. The number of phenols is 1. The first-order valence-electron chi connectivity index (χ1n) is 5.85. The zero-order valence-electron chi connectivity index (χ0n) is 10.5. The van der Waals surface area contributed by atoms with Crippen molar-refractivity contribution in [3.63, 3.8) is 0 Å². The molecule has 0 aromatic heterocycles. The number of hydrogen-bond donors (Lipinski definition) is 1. The summed E-state index contributed by atoms with van der Waals surface area (Å²) in [5.74, 6) is -1.28. The lowest BCUT2D eigenvalue weighted by atomic mass is 10.0. The Morgan fingerprint density at radius 2 is 1.90 bits per heavy atom. The Morgan fingerprint density at radius 3 is 2.50 bits per heavy atom. The molecule has 0 spiro atoms. The number of phenolic OH excluding ortho intramolecular Hbond substituents is 1. The van der Waals surface area contributed by atoms with E-state index in [1.165, 1.54) is 12.1 Å². The normalized spacial score (nSPS) is 11.6. The molecule has 0 unspecified atom stereocenters. The zero-order valence-corrected chi connectivity index (χ0v) is 10.5. The quantitative estimate of drug-likeness (QED) is 0.854. The Kier molecular flexibility index (Phi) is 3.57. The van der Waals surface area contributed by atoms with E-state index >= 15 is 0 Å². The van der Waals surface area contributed by atoms with E-state index < -0.39 is 23.5 Å². The van der Waals surface area contributed by atoms with Gasteiger partial charge in [0.1, 0.15) is 11.3 Å². The van der Waals surface area contributed by atoms with Crippen LogP contribution in [0.1, 0.15) is 22.8 Å². The molecule has 2 aromatic rings. The zero-order chi connectivity index (χ0) is 14.9. The van der Waals surface area contributed by atoms with Crippen molar-refractivity contribution in [2.75, 3.05) is 6.61 Å². The Morgan fingerprint density at radius 1 is 1.20 bits per heavy atom. The Hall–Kier alpha value is -2.24. The highest BCUT2D eigenvalue weighted by atomic mass is 19.4. The molecule has 106 valence electrons. The third-order valence-corrected chi connectivity index (χ3v) is 2.83. The summed E-state index contributed by atoms with van der Waals surface area (Å²) in [6.07, 6.45) is -4.53. The number of benzene rings is 2. The third kappa shape index (κ3) is 2.41. The maximum atomic E-state index is 12.9. The van der Waals surface area contributed by atoms with Crippen molar-refractivity contribution in [3.8, 4) is 5.75 Å². The molecule has 0 bridgehead atoms. The predicted octanol–water partition coefficient (Wildman–Crippen LogP) is 3.74. The van der Waals surface area contributed by atoms with Crippen molar-refractivity contribution in [3.05, 3.63) is 41.5 Å². The van der Waals surface area contributed by atoms with Gasteiger partial charge in [-0.3, -0.25) is 0 Å². The van der Waals surface area contributed by atoms with Crippen LogP contribution in [-0.4, -0.2) is 17.7 Å². The highest BCUT2D eigenvalue weighted by molar-refractivity contribution is 6.02. The molecule has 3 nitrogen and oxygen atoms in total. The average Bonchev–Trinajstić information content (AvgIpc) is 2.37. The fourth-order valence-electron chi connectivity index (χ4n) is 1.96. The van der Waals surface area contributed by atoms with Crippen molar-refractivity contribution in [2.45, 2.75) is 13.1 Å². The van der Waals surface area contributed by atoms with Crippen molar-refractivity contribution in [1.29, 1.82) is 0 Å². The summed E-state index contributed by atoms with van der Waals surface area (Å²) >= 11 is 0. The number of halogens is 3. The highest BCUT2D eigenvalue weighted by Gasteiger charge is 2.33. The van der Waals surface area contributed by atoms with Gasteiger partial charge in [0.15, 0.2) is 0 Å². The first-order valence-corrected chi connectivity index (χ1v) is 5.85. The van der Waals surface area contributed by atoms with Crippen LogP contribution in [0.15, 0.2) is 30.3 Å². The van der Waals surface area contributed by atoms with Crippen LogP contribution in [0.3, 0.4) is 0 Å². The van der Waals surface area contributed by atoms with Gasteiger partial charge in [0.2, 0.25) is 0 Å². The molecule has 20 heavy (non-hydrogen) atoms. The summed E-state index contributed by atoms with van der Waals surface area (Å²) in [5.41, 5.74) is -1.01. The number of carbonyl (C=O) groups excluding carboxylic acids is 1. The van der Waals surface area contributed by atoms with Crippen LogP contribution in [0.5, 0.6) is 5.75 Å². The van der Waals surface area contributed by atoms with Gasteiger partial charge in [-0.05, 0) is 24.4 Å². The summed E-state index contributed by atoms with van der Waals surface area (Å²) in [6, 6.07) is 5.71. The Labute approximate surface area is 112 Å². The molecule has 0 aliphatic carbocycles. The van der Waals surface area contributed by atoms with Gasteiger partial charge in [-0.15, -0.1) is 0 Å². The number of rotatable bonds is 2. The first-order chi connectivity index (χ1) is 9.36. The fraction of sp³-hybridized carbons (Fsp3) is 0.214. The minimum Gasteiger partial charge on any atom is -0.506 e. The van der Waals surface area contributed by atoms with Gasteiger partial charge < -0.3 is 9.84 Å². The van der Waals surface area contributed by atoms with Crippen molar-refractivity contribution in [1.82, 2.24) is 0 Å². The number of hydrogen-bond acceptors (Lipinski definition) is 3. The number of alkyl halides is 3. The van der Waals surface area contributed by atoms with Gasteiger partial charge >= 0.3 is 12.1 Å². The fourth-order valence-corrected chi connectivity index (χ4v) is 1.96. The second-order valence-corrected chi connectivity index (χ2v) is 4.08. The summed E-state index contributed by atoms with van der Waals surface area (Å²) in [7, 11) is 0. The lowest BCUT2D eigenvalue weighted by Crippen LogP contribution is -2.07. The van der Waals surface area contributed by atoms with E-state index in [9.17, 15) is 23.1 Å². The Balaban J connectivity index is 2.67. The van der Waals surface area contributed by atoms with Gasteiger partial charge in [0.05, 0.1) is 12.2 Å². The second-order valence-electron chi connectivity index (χ2n) is 4.08. The topological polar surface area (TPSA) is 46.5 Å². The number of aromatic hydroxyl groups is 1. The van der Waals surface area contributed by atoms with E-state index in [-0.39, 0.29) is 22.9 Å². The molecule has 0 radical (unpaired) electrons. The smallest absolute Gasteiger partial charge is 0.417 e. The van der Waals surface area contributed by atoms with Crippen LogP contribution < -0.4 is 0 Å². The maximum absolute atomic E-state index is 12.9. The number of ether oxygens (including phenoxy) is 1. The molecule has 0 atom stereocenters. The van der Waals surface area contributed by atoms with Crippen molar-refractivity contribution < 1.29 is 27.8 Å². The summed E-state index contributed by atoms with van der Waals surface area (Å²) in [4.78, 5) is 11.6. The minimum atomic E-state index is -4.53. The van der Waals surface area contributed by atoms with Crippen LogP contribution in [0.25, 0.3) is 10.8 Å². The predicted molar refractivity (Wildman–Crippen MR) is 66.6 cm³/mol. The highest BCUT2D eigenvalue weighted by Crippen LogP contribution is 2.38. The van der Waals surface area contributed by atoms with Crippen molar-refractivity contribution >= 4 is 16.7 Å². The molecule has 2 aromatic carbocycles. The Bertz CT molecular complexity index is 662. The molecule has 0 aliphatic rings. The molecule has 2 rings (SSSR count). The van der Waals surface area contributed by atoms with E-state index in [2.05, 4.69) is 0 Å². The maximum Gasteiger partial charge on any atom is 0.417 e. The van der Waals surface area contributed by atoms with Gasteiger partial charge in [-0.25, -0.2) is 4.79 Å². The first kappa shape index (κ1) is 14.2. The molecule has 1 N–H and O–H groups in total. The molecular formula is C14H11F3O3. The average molecular weight is 284 g/mol. The molecule has 0 saturated carbocycles. The van der Waals surface area contributed by atoms with Crippen LogP contribution in [0, 0.1) is 0 Å². The third-order valence-electron chi connectivity index (χ3n) is 2.83. The van der Waals surface area contributed by atoms with Gasteiger partial charge in [0.25, 0.3) is 0 Å². The SMILES string of the molecule is CCOC(=O)c1ccc2c(C(F)(F)F)cccc2c1O. The number of fused-ring (bicyclic) bond motifs is 1. The molecule has 0 fully saturated rings. The van der Waals surface area contributed by atoms with Crippen molar-refractivity contribution in [2.24, 2.45) is 0 Å². The van der Waals surface area contributed by atoms with Gasteiger partial charge in [0, 0.05) is 5.39 Å². The van der Waals surface area contributed by atoms with E-state index in [1.807, 2.05) is 0 Å². The number of esters is 1. The molecule has 6 heteroatoms.